The zero-order valence-corrected chi connectivity index (χ0v) is 13.9. The minimum absolute atomic E-state index is 0.0496. The van der Waals surface area contributed by atoms with Crippen molar-refractivity contribution < 1.29 is 24.5 Å². The summed E-state index contributed by atoms with van der Waals surface area (Å²) in [4.78, 5) is 25.9. The van der Waals surface area contributed by atoms with Crippen LogP contribution in [0.5, 0.6) is 11.5 Å². The van der Waals surface area contributed by atoms with Gasteiger partial charge in [0.05, 0.1) is 13.7 Å². The monoisotopic (exact) mass is 350 g/mol. The maximum absolute atomic E-state index is 12.7. The molecule has 7 nitrogen and oxygen atoms in total. The number of carboxylic acid groups (broad SMARTS) is 1. The first-order valence-corrected chi connectivity index (χ1v) is 8.04. The Kier molecular flexibility index (Phi) is 6.02. The molecule has 8 heteroatoms. The largest absolute Gasteiger partial charge is 0.504 e. The lowest BCUT2D eigenvalue weighted by molar-refractivity contribution is 0.0744. The van der Waals surface area contributed by atoms with Gasteiger partial charge < -0.3 is 25.2 Å². The van der Waals surface area contributed by atoms with Crippen LogP contribution in [0.3, 0.4) is 0 Å². The first kappa shape index (κ1) is 17.6. The third-order valence-electron chi connectivity index (χ3n) is 3.30. The van der Waals surface area contributed by atoms with E-state index >= 15 is 0 Å². The fourth-order valence-corrected chi connectivity index (χ4v) is 2.85. The molecule has 2 amide bonds. The first-order chi connectivity index (χ1) is 11.5. The number of carbonyl (C=O) groups excluding carboxylic acids is 1. The van der Waals surface area contributed by atoms with E-state index in [4.69, 9.17) is 9.84 Å². The van der Waals surface area contributed by atoms with Gasteiger partial charge in [-0.05, 0) is 29.6 Å². The maximum atomic E-state index is 12.7. The Bertz CT molecular complexity index is 702. The van der Waals surface area contributed by atoms with E-state index < -0.39 is 6.09 Å². The molecule has 0 spiro atoms. The number of methoxy groups -OCH3 is 1. The van der Waals surface area contributed by atoms with Crippen LogP contribution in [-0.2, 0) is 6.54 Å². The number of benzene rings is 1. The van der Waals surface area contributed by atoms with Gasteiger partial charge in [0.25, 0.3) is 5.91 Å². The maximum Gasteiger partial charge on any atom is 0.404 e. The Balaban J connectivity index is 2.17. The molecule has 0 fully saturated rings. The van der Waals surface area contributed by atoms with Crippen LogP contribution < -0.4 is 10.1 Å². The van der Waals surface area contributed by atoms with Gasteiger partial charge >= 0.3 is 6.09 Å². The number of hydrogen-bond donors (Lipinski definition) is 3. The van der Waals surface area contributed by atoms with Crippen LogP contribution in [0, 0.1) is 0 Å². The topological polar surface area (TPSA) is 99.1 Å². The Labute approximate surface area is 143 Å². The number of phenolic OH excluding ortho intramolecular Hbond substituents is 1. The van der Waals surface area contributed by atoms with Gasteiger partial charge in [-0.1, -0.05) is 6.07 Å². The molecule has 0 unspecified atom stereocenters. The second kappa shape index (κ2) is 8.21. The second-order valence-corrected chi connectivity index (χ2v) is 5.96. The van der Waals surface area contributed by atoms with Gasteiger partial charge in [-0.2, -0.15) is 0 Å². The molecular weight excluding hydrogens is 332 g/mol. The summed E-state index contributed by atoms with van der Waals surface area (Å²) < 4.78 is 5.03. The van der Waals surface area contributed by atoms with Crippen LogP contribution in [0.2, 0.25) is 0 Å². The molecule has 2 aromatic rings. The number of aromatic hydroxyl groups is 1. The van der Waals surface area contributed by atoms with E-state index in [0.29, 0.717) is 12.1 Å². The molecule has 3 N–H and O–H groups in total. The normalized spacial score (nSPS) is 10.2. The molecule has 1 aromatic heterocycles. The summed E-state index contributed by atoms with van der Waals surface area (Å²) >= 11 is 1.52. The van der Waals surface area contributed by atoms with Crippen molar-refractivity contribution in [2.75, 3.05) is 20.2 Å². The van der Waals surface area contributed by atoms with Crippen molar-refractivity contribution in [3.05, 3.63) is 46.2 Å². The SMILES string of the molecule is COc1cc(C(=O)N(CCNC(=O)O)Cc2cccs2)ccc1O. The lowest BCUT2D eigenvalue weighted by Gasteiger charge is -2.22. The van der Waals surface area contributed by atoms with Crippen LogP contribution in [0.25, 0.3) is 0 Å². The van der Waals surface area contributed by atoms with Gasteiger partial charge in [-0.15, -0.1) is 11.3 Å². The van der Waals surface area contributed by atoms with Crippen LogP contribution in [0.4, 0.5) is 4.79 Å². The summed E-state index contributed by atoms with van der Waals surface area (Å²) in [6.07, 6.45) is -1.13. The number of phenols is 1. The summed E-state index contributed by atoms with van der Waals surface area (Å²) in [6, 6.07) is 8.16. The van der Waals surface area contributed by atoms with Crippen LogP contribution in [0.1, 0.15) is 15.2 Å². The van der Waals surface area contributed by atoms with E-state index in [-0.39, 0.29) is 30.5 Å². The first-order valence-electron chi connectivity index (χ1n) is 7.16. The minimum atomic E-state index is -1.13. The molecule has 0 aliphatic heterocycles. The average molecular weight is 350 g/mol. The number of nitrogens with zero attached hydrogens (tertiary/aromatic N) is 1. The highest BCUT2D eigenvalue weighted by atomic mass is 32.1. The third kappa shape index (κ3) is 4.63. The molecule has 128 valence electrons. The number of nitrogens with one attached hydrogen (secondary N) is 1. The molecule has 0 aliphatic carbocycles. The van der Waals surface area contributed by atoms with Crippen molar-refractivity contribution >= 4 is 23.3 Å². The molecule has 0 atom stereocenters. The smallest absolute Gasteiger partial charge is 0.404 e. The van der Waals surface area contributed by atoms with Gasteiger partial charge in [-0.3, -0.25) is 4.79 Å². The molecule has 0 saturated heterocycles. The van der Waals surface area contributed by atoms with Crippen LogP contribution in [-0.4, -0.2) is 47.3 Å². The molecule has 1 aromatic carbocycles. The highest BCUT2D eigenvalue weighted by Crippen LogP contribution is 2.27. The number of carbonyl (C=O) groups is 2. The highest BCUT2D eigenvalue weighted by molar-refractivity contribution is 7.09. The van der Waals surface area contributed by atoms with Crippen molar-refractivity contribution in [3.63, 3.8) is 0 Å². The lowest BCUT2D eigenvalue weighted by Crippen LogP contribution is -2.37. The van der Waals surface area contributed by atoms with Gasteiger partial charge in [0.2, 0.25) is 0 Å². The molecule has 1 heterocycles. The Morgan fingerprint density at radius 3 is 2.75 bits per heavy atom. The van der Waals surface area contributed by atoms with Gasteiger partial charge in [0.15, 0.2) is 11.5 Å². The molecule has 0 saturated carbocycles. The van der Waals surface area contributed by atoms with Crippen LogP contribution >= 0.6 is 11.3 Å². The Hall–Kier alpha value is -2.74. The molecule has 0 aliphatic rings. The molecule has 0 bridgehead atoms. The summed E-state index contributed by atoms with van der Waals surface area (Å²) in [5.41, 5.74) is 0.358. The van der Waals surface area contributed by atoms with Crippen molar-refractivity contribution in [3.8, 4) is 11.5 Å². The number of hydrogen-bond acceptors (Lipinski definition) is 5. The van der Waals surface area contributed by atoms with E-state index in [1.54, 1.807) is 4.90 Å². The Morgan fingerprint density at radius 2 is 2.12 bits per heavy atom. The van der Waals surface area contributed by atoms with E-state index in [2.05, 4.69) is 5.32 Å². The van der Waals surface area contributed by atoms with Gasteiger partial charge in [-0.25, -0.2) is 4.79 Å². The molecule has 24 heavy (non-hydrogen) atoms. The van der Waals surface area contributed by atoms with Gasteiger partial charge in [0.1, 0.15) is 0 Å². The standard InChI is InChI=1S/C16H18N2O5S/c1-23-14-9-11(4-5-13(14)19)15(20)18(7-6-17-16(21)22)10-12-3-2-8-24-12/h2-5,8-9,17,19H,6-7,10H2,1H3,(H,21,22). The number of amides is 2. The fraction of sp³-hybridized carbons (Fsp3) is 0.250. The summed E-state index contributed by atoms with van der Waals surface area (Å²) in [6.45, 7) is 0.731. The van der Waals surface area contributed by atoms with E-state index in [0.717, 1.165) is 4.88 Å². The highest BCUT2D eigenvalue weighted by Gasteiger charge is 2.18. The number of ether oxygens (including phenoxy) is 1. The zero-order chi connectivity index (χ0) is 17.5. The van der Waals surface area contributed by atoms with Crippen molar-refractivity contribution in [2.45, 2.75) is 6.54 Å². The summed E-state index contributed by atoms with van der Waals surface area (Å²) in [5.74, 6) is -0.110. The van der Waals surface area contributed by atoms with E-state index in [1.165, 1.54) is 36.6 Å². The average Bonchev–Trinajstić information content (AvgIpc) is 3.06. The van der Waals surface area contributed by atoms with E-state index in [1.807, 2.05) is 17.5 Å². The molecule has 0 radical (unpaired) electrons. The molecular formula is C16H18N2O5S. The van der Waals surface area contributed by atoms with Crippen molar-refractivity contribution in [1.29, 1.82) is 0 Å². The fourth-order valence-electron chi connectivity index (χ4n) is 2.13. The number of rotatable bonds is 7. The van der Waals surface area contributed by atoms with Crippen molar-refractivity contribution in [1.82, 2.24) is 10.2 Å². The van der Waals surface area contributed by atoms with Crippen molar-refractivity contribution in [2.24, 2.45) is 0 Å². The molecule has 2 rings (SSSR count). The summed E-state index contributed by atoms with van der Waals surface area (Å²) in [7, 11) is 1.41. The minimum Gasteiger partial charge on any atom is -0.504 e. The number of thiophene rings is 1. The van der Waals surface area contributed by atoms with Crippen LogP contribution in [0.15, 0.2) is 35.7 Å². The quantitative estimate of drug-likeness (QED) is 0.712. The summed E-state index contributed by atoms with van der Waals surface area (Å²) in [5, 5.41) is 22.5. The lowest BCUT2D eigenvalue weighted by atomic mass is 10.1. The third-order valence-corrected chi connectivity index (χ3v) is 4.16. The predicted octanol–water partition coefficient (Wildman–Crippen LogP) is 2.37. The zero-order valence-electron chi connectivity index (χ0n) is 13.1. The predicted molar refractivity (Wildman–Crippen MR) is 89.7 cm³/mol. The Morgan fingerprint density at radius 1 is 1.33 bits per heavy atom. The van der Waals surface area contributed by atoms with E-state index in [9.17, 15) is 14.7 Å². The van der Waals surface area contributed by atoms with Gasteiger partial charge in [0, 0.05) is 23.5 Å². The second-order valence-electron chi connectivity index (χ2n) is 4.92.